The molecular weight excluding hydrogens is 320 g/mol. The van der Waals surface area contributed by atoms with Crippen LogP contribution in [-0.4, -0.2) is 17.0 Å². The van der Waals surface area contributed by atoms with E-state index in [1.165, 1.54) is 0 Å². The average Bonchev–Trinajstić information content (AvgIpc) is 3.06. The van der Waals surface area contributed by atoms with E-state index in [0.29, 0.717) is 24.1 Å². The van der Waals surface area contributed by atoms with Gasteiger partial charge < -0.3 is 9.88 Å². The third kappa shape index (κ3) is 2.90. The second kappa shape index (κ2) is 6.67. The SMILES string of the molecule is C=Cc1c(CN(C)c2c(F)c(C)cc(CC)c2F)cnc2[nH]ccc12. The van der Waals surface area contributed by atoms with Crippen molar-refractivity contribution in [2.24, 2.45) is 0 Å². The van der Waals surface area contributed by atoms with Gasteiger partial charge in [-0.3, -0.25) is 0 Å². The zero-order valence-electron chi connectivity index (χ0n) is 14.7. The van der Waals surface area contributed by atoms with E-state index in [1.807, 2.05) is 19.2 Å². The fourth-order valence-corrected chi connectivity index (χ4v) is 3.19. The van der Waals surface area contributed by atoms with Crippen molar-refractivity contribution >= 4 is 22.8 Å². The molecule has 3 aromatic rings. The number of fused-ring (bicyclic) bond motifs is 1. The monoisotopic (exact) mass is 341 g/mol. The molecule has 130 valence electrons. The van der Waals surface area contributed by atoms with Gasteiger partial charge in [0.2, 0.25) is 0 Å². The molecule has 0 amide bonds. The highest BCUT2D eigenvalue weighted by molar-refractivity contribution is 5.87. The van der Waals surface area contributed by atoms with Gasteiger partial charge >= 0.3 is 0 Å². The summed E-state index contributed by atoms with van der Waals surface area (Å²) in [4.78, 5) is 9.03. The Hall–Kier alpha value is -2.69. The topological polar surface area (TPSA) is 31.9 Å². The molecule has 0 spiro atoms. The van der Waals surface area contributed by atoms with Crippen molar-refractivity contribution in [1.29, 1.82) is 0 Å². The molecule has 0 unspecified atom stereocenters. The van der Waals surface area contributed by atoms with Crippen LogP contribution in [-0.2, 0) is 13.0 Å². The molecule has 0 bridgehead atoms. The van der Waals surface area contributed by atoms with Crippen molar-refractivity contribution in [3.8, 4) is 0 Å². The molecule has 3 rings (SSSR count). The molecule has 2 aromatic heterocycles. The molecule has 0 aliphatic carbocycles. The molecule has 0 saturated heterocycles. The summed E-state index contributed by atoms with van der Waals surface area (Å²) < 4.78 is 29.3. The maximum absolute atomic E-state index is 14.7. The predicted molar refractivity (Wildman–Crippen MR) is 98.8 cm³/mol. The van der Waals surface area contributed by atoms with E-state index in [4.69, 9.17) is 0 Å². The van der Waals surface area contributed by atoms with Crippen molar-refractivity contribution in [2.45, 2.75) is 26.8 Å². The van der Waals surface area contributed by atoms with Gasteiger partial charge in [-0.15, -0.1) is 0 Å². The largest absolute Gasteiger partial charge is 0.365 e. The van der Waals surface area contributed by atoms with Gasteiger partial charge in [0.15, 0.2) is 11.6 Å². The number of hydrogen-bond acceptors (Lipinski definition) is 2. The number of anilines is 1. The van der Waals surface area contributed by atoms with Crippen molar-refractivity contribution in [2.75, 3.05) is 11.9 Å². The van der Waals surface area contributed by atoms with Gasteiger partial charge in [0.25, 0.3) is 0 Å². The summed E-state index contributed by atoms with van der Waals surface area (Å²) in [5.41, 5.74) is 3.51. The summed E-state index contributed by atoms with van der Waals surface area (Å²) in [5, 5.41) is 0.945. The van der Waals surface area contributed by atoms with Crippen molar-refractivity contribution < 1.29 is 8.78 Å². The van der Waals surface area contributed by atoms with E-state index in [1.54, 1.807) is 37.2 Å². The van der Waals surface area contributed by atoms with E-state index < -0.39 is 11.6 Å². The first-order valence-corrected chi connectivity index (χ1v) is 8.23. The molecule has 0 atom stereocenters. The molecule has 25 heavy (non-hydrogen) atoms. The van der Waals surface area contributed by atoms with E-state index >= 15 is 0 Å². The van der Waals surface area contributed by atoms with E-state index in [-0.39, 0.29) is 5.69 Å². The van der Waals surface area contributed by atoms with Crippen LogP contribution in [0.5, 0.6) is 0 Å². The Kier molecular flexibility index (Phi) is 4.57. The van der Waals surface area contributed by atoms with Gasteiger partial charge in [0.1, 0.15) is 11.3 Å². The Morgan fingerprint density at radius 1 is 1.28 bits per heavy atom. The van der Waals surface area contributed by atoms with Crippen LogP contribution in [0.1, 0.15) is 29.2 Å². The number of nitrogens with zero attached hydrogens (tertiary/aromatic N) is 2. The summed E-state index contributed by atoms with van der Waals surface area (Å²) in [6, 6.07) is 3.50. The van der Waals surface area contributed by atoms with Crippen molar-refractivity contribution in [1.82, 2.24) is 9.97 Å². The molecule has 5 heteroatoms. The highest BCUT2D eigenvalue weighted by atomic mass is 19.1. The lowest BCUT2D eigenvalue weighted by Crippen LogP contribution is -2.21. The first kappa shape index (κ1) is 17.1. The molecule has 1 aromatic carbocycles. The number of halogens is 2. The predicted octanol–water partition coefficient (Wildman–Crippen LogP) is 4.99. The van der Waals surface area contributed by atoms with Crippen LogP contribution in [0.2, 0.25) is 0 Å². The highest BCUT2D eigenvalue weighted by Crippen LogP contribution is 2.30. The Morgan fingerprint density at radius 3 is 2.72 bits per heavy atom. The molecule has 2 heterocycles. The van der Waals surface area contributed by atoms with Gasteiger partial charge in [-0.2, -0.15) is 0 Å². The Balaban J connectivity index is 2.05. The molecule has 0 radical (unpaired) electrons. The summed E-state index contributed by atoms with van der Waals surface area (Å²) in [7, 11) is 1.69. The normalized spacial score (nSPS) is 11.1. The van der Waals surface area contributed by atoms with E-state index in [2.05, 4.69) is 16.5 Å². The number of nitrogens with one attached hydrogen (secondary N) is 1. The van der Waals surface area contributed by atoms with Crippen molar-refractivity contribution in [3.63, 3.8) is 0 Å². The molecule has 3 nitrogen and oxygen atoms in total. The minimum Gasteiger partial charge on any atom is -0.365 e. The van der Waals surface area contributed by atoms with Gasteiger partial charge in [-0.05, 0) is 41.7 Å². The third-order valence-electron chi connectivity index (χ3n) is 4.52. The summed E-state index contributed by atoms with van der Waals surface area (Å²) in [6.07, 6.45) is 5.80. The standard InChI is InChI=1S/C20H21F2N3/c1-5-13-9-12(3)17(21)19(18(13)22)25(4)11-14-10-24-20-16(7-8-23-20)15(14)6-2/h6-10H,2,5,11H2,1,3-4H3,(H,23,24). The quantitative estimate of drug-likeness (QED) is 0.709. The average molecular weight is 341 g/mol. The number of H-pyrrole nitrogens is 1. The van der Waals surface area contributed by atoms with Gasteiger partial charge in [0, 0.05) is 31.4 Å². The lowest BCUT2D eigenvalue weighted by molar-refractivity contribution is 0.562. The number of aryl methyl sites for hydroxylation is 2. The maximum Gasteiger partial charge on any atom is 0.152 e. The van der Waals surface area contributed by atoms with Crippen LogP contribution in [0.15, 0.2) is 31.1 Å². The maximum atomic E-state index is 14.7. The van der Waals surface area contributed by atoms with Crippen LogP contribution >= 0.6 is 0 Å². The molecule has 0 aliphatic heterocycles. The van der Waals surface area contributed by atoms with Crippen LogP contribution in [0.3, 0.4) is 0 Å². The van der Waals surface area contributed by atoms with E-state index in [9.17, 15) is 8.78 Å². The van der Waals surface area contributed by atoms with E-state index in [0.717, 1.165) is 22.2 Å². The van der Waals surface area contributed by atoms with Crippen LogP contribution in [0.4, 0.5) is 14.5 Å². The fraction of sp³-hybridized carbons (Fsp3) is 0.250. The Morgan fingerprint density at radius 2 is 2.04 bits per heavy atom. The minimum atomic E-state index is -0.520. The van der Waals surface area contributed by atoms with Gasteiger partial charge in [-0.25, -0.2) is 13.8 Å². The zero-order chi connectivity index (χ0) is 18.1. The highest BCUT2D eigenvalue weighted by Gasteiger charge is 2.20. The summed E-state index contributed by atoms with van der Waals surface area (Å²) in [6.45, 7) is 7.72. The number of aromatic nitrogens is 2. The first-order chi connectivity index (χ1) is 12.0. The molecule has 0 saturated carbocycles. The number of rotatable bonds is 5. The third-order valence-corrected chi connectivity index (χ3v) is 4.52. The molecular formula is C20H21F2N3. The second-order valence-corrected chi connectivity index (χ2v) is 6.18. The Bertz CT molecular complexity index is 944. The van der Waals surface area contributed by atoms with Crippen LogP contribution in [0, 0.1) is 18.6 Å². The minimum absolute atomic E-state index is 0.000952. The first-order valence-electron chi connectivity index (χ1n) is 8.23. The lowest BCUT2D eigenvalue weighted by atomic mass is 10.0. The molecule has 0 aliphatic rings. The second-order valence-electron chi connectivity index (χ2n) is 6.18. The fourth-order valence-electron chi connectivity index (χ4n) is 3.19. The smallest absolute Gasteiger partial charge is 0.152 e. The number of aromatic amines is 1. The Labute approximate surface area is 146 Å². The zero-order valence-corrected chi connectivity index (χ0v) is 14.7. The number of pyridine rings is 1. The summed E-state index contributed by atoms with van der Waals surface area (Å²) in [5.74, 6) is -1.02. The van der Waals surface area contributed by atoms with Gasteiger partial charge in [-0.1, -0.05) is 25.6 Å². The van der Waals surface area contributed by atoms with Crippen LogP contribution in [0.25, 0.3) is 17.1 Å². The van der Waals surface area contributed by atoms with Gasteiger partial charge in [0.05, 0.1) is 0 Å². The lowest BCUT2D eigenvalue weighted by Gasteiger charge is -2.23. The summed E-state index contributed by atoms with van der Waals surface area (Å²) >= 11 is 0. The molecule has 1 N–H and O–H groups in total. The number of benzene rings is 1. The van der Waals surface area contributed by atoms with Crippen LogP contribution < -0.4 is 4.90 Å². The molecule has 0 fully saturated rings. The number of hydrogen-bond donors (Lipinski definition) is 1. The van der Waals surface area contributed by atoms with Crippen molar-refractivity contribution in [3.05, 3.63) is 65.0 Å².